The van der Waals surface area contributed by atoms with Gasteiger partial charge in [0.1, 0.15) is 0 Å². The molecule has 2 aliphatic rings. The van der Waals surface area contributed by atoms with Crippen LogP contribution in [-0.2, 0) is 6.54 Å². The number of aromatic nitrogens is 3. The van der Waals surface area contributed by atoms with Crippen molar-refractivity contribution in [1.29, 1.82) is 0 Å². The molecule has 3 heterocycles. The average molecular weight is 479 g/mol. The van der Waals surface area contributed by atoms with Gasteiger partial charge in [-0.1, -0.05) is 29.8 Å². The van der Waals surface area contributed by atoms with E-state index in [1.807, 2.05) is 0 Å². The zero-order valence-corrected chi connectivity index (χ0v) is 20.4. The monoisotopic (exact) mass is 478 g/mol. The third-order valence-electron chi connectivity index (χ3n) is 5.46. The van der Waals surface area contributed by atoms with Crippen LogP contribution in [0.4, 0.5) is 17.8 Å². The summed E-state index contributed by atoms with van der Waals surface area (Å²) in [6, 6.07) is 8.59. The fourth-order valence-corrected chi connectivity index (χ4v) is 3.79. The molecular formula is C21H51ClN10. The Hall–Kier alpha value is -2.24. The number of halogens is 1. The fraction of sp³-hybridized carbons (Fsp3) is 0.571. The van der Waals surface area contributed by atoms with Crippen LogP contribution >= 0.6 is 12.4 Å². The van der Waals surface area contributed by atoms with E-state index in [1.165, 1.54) is 49.7 Å². The number of benzene rings is 1. The Morgan fingerprint density at radius 3 is 1.59 bits per heavy atom. The molecule has 0 aliphatic carbocycles. The maximum Gasteiger partial charge on any atom is 0.231 e. The molecule has 13 N–H and O–H groups in total. The van der Waals surface area contributed by atoms with E-state index >= 15 is 0 Å². The Morgan fingerprint density at radius 1 is 0.719 bits per heavy atom. The van der Waals surface area contributed by atoms with Crippen LogP contribution in [0.25, 0.3) is 0 Å². The zero-order valence-electron chi connectivity index (χ0n) is 19.6. The molecule has 0 radical (unpaired) electrons. The van der Waals surface area contributed by atoms with Crippen LogP contribution in [0, 0.1) is 6.92 Å². The first-order valence-corrected chi connectivity index (χ1v) is 10.3. The zero-order chi connectivity index (χ0) is 18.5. The number of hydrogen-bond acceptors (Lipinski definition) is 10. The molecule has 0 saturated carbocycles. The number of anilines is 3. The Bertz CT molecular complexity index is 729. The van der Waals surface area contributed by atoms with Gasteiger partial charge in [-0.3, -0.25) is 0 Å². The van der Waals surface area contributed by atoms with Crippen molar-refractivity contribution in [2.24, 2.45) is 0 Å². The molecule has 2 aliphatic heterocycles. The molecule has 0 atom stereocenters. The first-order valence-electron chi connectivity index (χ1n) is 10.3. The summed E-state index contributed by atoms with van der Waals surface area (Å²) in [6.45, 7) is 7.01. The Labute approximate surface area is 204 Å². The summed E-state index contributed by atoms with van der Waals surface area (Å²) >= 11 is 0. The summed E-state index contributed by atoms with van der Waals surface area (Å²) in [5.41, 5.74) is 2.51. The van der Waals surface area contributed by atoms with E-state index in [1.54, 1.807) is 0 Å². The van der Waals surface area contributed by atoms with Crippen molar-refractivity contribution in [3.05, 3.63) is 35.4 Å². The Morgan fingerprint density at radius 2 is 1.16 bits per heavy atom. The minimum absolute atomic E-state index is 0. The molecule has 4 rings (SSSR count). The van der Waals surface area contributed by atoms with Crippen molar-refractivity contribution in [2.75, 3.05) is 41.3 Å². The van der Waals surface area contributed by atoms with Gasteiger partial charge in [-0.15, -0.1) is 12.4 Å². The van der Waals surface area contributed by atoms with Crippen LogP contribution < -0.4 is 39.7 Å². The Kier molecular flexibility index (Phi) is 15.5. The highest BCUT2D eigenvalue weighted by atomic mass is 35.5. The molecule has 192 valence electrons. The summed E-state index contributed by atoms with van der Waals surface area (Å²) in [4.78, 5) is 19.0. The minimum Gasteiger partial charge on any atom is -0.350 e. The summed E-state index contributed by atoms with van der Waals surface area (Å²) in [6.07, 6.45) is 7.49. The molecule has 32 heavy (non-hydrogen) atoms. The predicted molar refractivity (Wildman–Crippen MR) is 146 cm³/mol. The SMILES string of the molecule is Cc1ccc(CNc2nc(N3CCCCC3)nc(N3CCCCC3)n2)cc1.Cl.N.N.N.N.[HH].[HH].[HH].[HH]. The van der Waals surface area contributed by atoms with Gasteiger partial charge in [-0.05, 0) is 51.0 Å². The molecule has 0 bridgehead atoms. The van der Waals surface area contributed by atoms with Gasteiger partial charge >= 0.3 is 0 Å². The van der Waals surface area contributed by atoms with Gasteiger partial charge in [0.05, 0.1) is 0 Å². The molecule has 0 amide bonds. The van der Waals surface area contributed by atoms with Crippen LogP contribution in [0.15, 0.2) is 24.3 Å². The van der Waals surface area contributed by atoms with Crippen LogP contribution in [-0.4, -0.2) is 41.1 Å². The number of piperidine rings is 2. The molecule has 0 unspecified atom stereocenters. The van der Waals surface area contributed by atoms with Gasteiger partial charge in [0, 0.05) is 38.4 Å². The highest BCUT2D eigenvalue weighted by Crippen LogP contribution is 2.22. The topological polar surface area (TPSA) is 197 Å². The van der Waals surface area contributed by atoms with Crippen LogP contribution in [0.5, 0.6) is 0 Å². The second kappa shape index (κ2) is 15.5. The quantitative estimate of drug-likeness (QED) is 0.348. The number of nitrogens with one attached hydrogen (secondary N) is 1. The van der Waals surface area contributed by atoms with E-state index in [0.717, 1.165) is 44.6 Å². The van der Waals surface area contributed by atoms with Crippen molar-refractivity contribution < 1.29 is 5.71 Å². The second-order valence-electron chi connectivity index (χ2n) is 7.69. The van der Waals surface area contributed by atoms with E-state index in [0.29, 0.717) is 5.95 Å². The summed E-state index contributed by atoms with van der Waals surface area (Å²) in [7, 11) is 0. The van der Waals surface area contributed by atoms with Crippen molar-refractivity contribution >= 4 is 30.3 Å². The number of nitrogens with zero attached hydrogens (tertiary/aromatic N) is 5. The van der Waals surface area contributed by atoms with Crippen molar-refractivity contribution in [3.8, 4) is 0 Å². The molecular weight excluding hydrogens is 428 g/mol. The van der Waals surface area contributed by atoms with Crippen molar-refractivity contribution in [1.82, 2.24) is 39.6 Å². The number of aryl methyl sites for hydroxylation is 1. The van der Waals surface area contributed by atoms with Gasteiger partial charge in [-0.25, -0.2) is 0 Å². The maximum atomic E-state index is 4.84. The lowest BCUT2D eigenvalue weighted by atomic mass is 10.1. The van der Waals surface area contributed by atoms with Crippen molar-refractivity contribution in [3.63, 3.8) is 0 Å². The molecule has 2 saturated heterocycles. The van der Waals surface area contributed by atoms with Gasteiger partial charge in [-0.2, -0.15) is 15.0 Å². The highest BCUT2D eigenvalue weighted by molar-refractivity contribution is 5.85. The number of rotatable bonds is 5. The van der Waals surface area contributed by atoms with Gasteiger partial charge in [0.25, 0.3) is 0 Å². The molecule has 1 aromatic carbocycles. The number of hydrogen-bond donors (Lipinski definition) is 5. The molecule has 0 spiro atoms. The van der Waals surface area contributed by atoms with E-state index in [9.17, 15) is 0 Å². The second-order valence-corrected chi connectivity index (χ2v) is 7.69. The first-order chi connectivity index (χ1) is 13.3. The van der Waals surface area contributed by atoms with E-state index in [4.69, 9.17) is 15.0 Å². The summed E-state index contributed by atoms with van der Waals surface area (Å²) in [5.74, 6) is 2.35. The standard InChI is InChI=1S/C21H30N6.ClH.4H3N.4H2/c1-17-8-10-18(11-9-17)16-22-19-23-20(26-12-4-2-5-13-26)25-21(24-19)27-14-6-3-7-15-27;;;;;;;;;/h8-11H,2-7,12-16H2,1H3,(H,22,23,24,25);1H;4*1H3;4*1H. The predicted octanol–water partition coefficient (Wildman–Crippen LogP) is 5.83. The molecule has 11 heteroatoms. The minimum atomic E-state index is 0. The third kappa shape index (κ3) is 8.36. The largest absolute Gasteiger partial charge is 0.350 e. The first kappa shape index (κ1) is 31.9. The lowest BCUT2D eigenvalue weighted by Crippen LogP contribution is -2.34. The smallest absolute Gasteiger partial charge is 0.231 e. The fourth-order valence-electron chi connectivity index (χ4n) is 3.79. The van der Waals surface area contributed by atoms with Gasteiger partial charge < -0.3 is 39.7 Å². The molecule has 10 nitrogen and oxygen atoms in total. The molecule has 2 aromatic rings. The summed E-state index contributed by atoms with van der Waals surface area (Å²) < 4.78 is 0. The van der Waals surface area contributed by atoms with E-state index < -0.39 is 0 Å². The van der Waals surface area contributed by atoms with E-state index in [2.05, 4.69) is 46.3 Å². The molecule has 2 fully saturated rings. The Balaban J connectivity index is -0.000000250. The molecule has 1 aromatic heterocycles. The highest BCUT2D eigenvalue weighted by Gasteiger charge is 2.20. The van der Waals surface area contributed by atoms with Crippen LogP contribution in [0.2, 0.25) is 0 Å². The van der Waals surface area contributed by atoms with Gasteiger partial charge in [0.15, 0.2) is 0 Å². The van der Waals surface area contributed by atoms with Crippen LogP contribution in [0.1, 0.15) is 55.4 Å². The van der Waals surface area contributed by atoms with Gasteiger partial charge in [0.2, 0.25) is 17.8 Å². The lowest BCUT2D eigenvalue weighted by molar-refractivity contribution is 0.556. The normalized spacial score (nSPS) is 15.0. The van der Waals surface area contributed by atoms with E-state index in [-0.39, 0.29) is 42.7 Å². The summed E-state index contributed by atoms with van der Waals surface area (Å²) in [5, 5.41) is 3.42. The maximum absolute atomic E-state index is 4.84. The van der Waals surface area contributed by atoms with Crippen LogP contribution in [0.3, 0.4) is 0 Å². The third-order valence-corrected chi connectivity index (χ3v) is 5.46. The average Bonchev–Trinajstić information content (AvgIpc) is 2.74. The van der Waals surface area contributed by atoms with Crippen molar-refractivity contribution in [2.45, 2.75) is 52.0 Å². The lowest BCUT2D eigenvalue weighted by Gasteiger charge is -2.30.